The second-order valence-corrected chi connectivity index (χ2v) is 5.40. The van der Waals surface area contributed by atoms with Gasteiger partial charge in [0.25, 0.3) is 11.4 Å². The number of benzene rings is 2. The first-order valence-electron chi connectivity index (χ1n) is 6.09. The summed E-state index contributed by atoms with van der Waals surface area (Å²) in [5.41, 5.74) is 1.68. The molecular weight excluding hydrogens is 292 g/mol. The van der Waals surface area contributed by atoms with E-state index < -0.39 is 9.85 Å². The van der Waals surface area contributed by atoms with Crippen molar-refractivity contribution in [2.45, 2.75) is 17.6 Å². The Labute approximate surface area is 125 Å². The number of nitrogens with zero attached hydrogens (tertiary/aromatic N) is 2. The fraction of sp³-hybridized carbons (Fsp3) is 0.143. The molecule has 2 aromatic rings. The van der Waals surface area contributed by atoms with Crippen molar-refractivity contribution in [3.05, 3.63) is 73.8 Å². The quantitative estimate of drug-likeness (QED) is 0.471. The fourth-order valence-electron chi connectivity index (χ4n) is 1.81. The van der Waals surface area contributed by atoms with Crippen molar-refractivity contribution in [3.8, 4) is 0 Å². The highest BCUT2D eigenvalue weighted by Crippen LogP contribution is 2.34. The van der Waals surface area contributed by atoms with Crippen LogP contribution in [0, 0.1) is 27.2 Å². The topological polar surface area (TPSA) is 86.3 Å². The molecule has 0 aliphatic heterocycles. The van der Waals surface area contributed by atoms with E-state index in [1.807, 2.05) is 31.2 Å². The van der Waals surface area contributed by atoms with Gasteiger partial charge in [0.1, 0.15) is 0 Å². The highest BCUT2D eigenvalue weighted by Gasteiger charge is 2.19. The lowest BCUT2D eigenvalue weighted by Crippen LogP contribution is -1.95. The van der Waals surface area contributed by atoms with Crippen LogP contribution in [-0.4, -0.2) is 9.85 Å². The highest BCUT2D eigenvalue weighted by molar-refractivity contribution is 7.98. The third kappa shape index (κ3) is 3.57. The van der Waals surface area contributed by atoms with E-state index in [-0.39, 0.29) is 11.4 Å². The number of hydrogen-bond donors (Lipinski definition) is 0. The van der Waals surface area contributed by atoms with Gasteiger partial charge in [-0.05, 0) is 24.1 Å². The van der Waals surface area contributed by atoms with Crippen molar-refractivity contribution in [3.63, 3.8) is 0 Å². The Morgan fingerprint density at radius 2 is 1.76 bits per heavy atom. The van der Waals surface area contributed by atoms with E-state index in [2.05, 4.69) is 0 Å². The van der Waals surface area contributed by atoms with Crippen LogP contribution < -0.4 is 0 Å². The highest BCUT2D eigenvalue weighted by atomic mass is 32.2. The molecule has 0 heterocycles. The summed E-state index contributed by atoms with van der Waals surface area (Å²) in [6.45, 7) is 1.97. The summed E-state index contributed by atoms with van der Waals surface area (Å²) < 4.78 is 0. The number of nitro groups is 2. The van der Waals surface area contributed by atoms with Crippen LogP contribution in [0.3, 0.4) is 0 Å². The first-order chi connectivity index (χ1) is 9.99. The Hall–Kier alpha value is -2.41. The summed E-state index contributed by atoms with van der Waals surface area (Å²) in [5, 5.41) is 21.7. The van der Waals surface area contributed by atoms with Crippen LogP contribution in [0.15, 0.2) is 47.4 Å². The standard InChI is InChI=1S/C14H12N2O4S/c1-10-4-2-3-5-11(10)9-21-14-7-6-12(15(17)18)8-13(14)16(19)20/h2-8H,9H2,1H3. The van der Waals surface area contributed by atoms with Crippen LogP contribution in [0.4, 0.5) is 11.4 Å². The maximum atomic E-state index is 11.0. The minimum atomic E-state index is -0.636. The lowest BCUT2D eigenvalue weighted by atomic mass is 10.1. The second-order valence-electron chi connectivity index (χ2n) is 4.38. The van der Waals surface area contributed by atoms with Gasteiger partial charge in [-0.1, -0.05) is 24.3 Å². The van der Waals surface area contributed by atoms with Crippen molar-refractivity contribution in [2.75, 3.05) is 0 Å². The average Bonchev–Trinajstić information content (AvgIpc) is 2.46. The number of nitro benzene ring substituents is 2. The number of thioether (sulfide) groups is 1. The van der Waals surface area contributed by atoms with Gasteiger partial charge in [0.05, 0.1) is 20.8 Å². The van der Waals surface area contributed by atoms with Crippen molar-refractivity contribution >= 4 is 23.1 Å². The third-order valence-electron chi connectivity index (χ3n) is 2.99. The summed E-state index contributed by atoms with van der Waals surface area (Å²) in [5.74, 6) is 0.575. The van der Waals surface area contributed by atoms with E-state index in [0.29, 0.717) is 10.6 Å². The van der Waals surface area contributed by atoms with Crippen molar-refractivity contribution in [1.82, 2.24) is 0 Å². The van der Waals surface area contributed by atoms with Gasteiger partial charge in [-0.2, -0.15) is 0 Å². The van der Waals surface area contributed by atoms with Gasteiger partial charge in [0.15, 0.2) is 0 Å². The van der Waals surface area contributed by atoms with Gasteiger partial charge >= 0.3 is 0 Å². The molecule has 21 heavy (non-hydrogen) atoms. The molecule has 0 amide bonds. The monoisotopic (exact) mass is 304 g/mol. The Bertz CT molecular complexity index is 703. The molecule has 0 N–H and O–H groups in total. The summed E-state index contributed by atoms with van der Waals surface area (Å²) in [6.07, 6.45) is 0. The number of hydrogen-bond acceptors (Lipinski definition) is 5. The van der Waals surface area contributed by atoms with E-state index in [0.717, 1.165) is 17.2 Å². The maximum Gasteiger partial charge on any atom is 0.289 e. The zero-order chi connectivity index (χ0) is 15.4. The molecule has 0 radical (unpaired) electrons. The van der Waals surface area contributed by atoms with Crippen LogP contribution in [0.5, 0.6) is 0 Å². The largest absolute Gasteiger partial charge is 0.289 e. The lowest BCUT2D eigenvalue weighted by molar-refractivity contribution is -0.396. The first kappa shape index (κ1) is 15.0. The lowest BCUT2D eigenvalue weighted by Gasteiger charge is -2.06. The molecule has 0 aromatic heterocycles. The fourth-order valence-corrected chi connectivity index (χ4v) is 2.89. The molecule has 0 atom stereocenters. The SMILES string of the molecule is Cc1ccccc1CSc1ccc([N+](=O)[O-])cc1[N+](=O)[O-]. The van der Waals surface area contributed by atoms with Crippen molar-refractivity contribution in [1.29, 1.82) is 0 Å². The normalized spacial score (nSPS) is 10.3. The molecule has 0 saturated heterocycles. The van der Waals surface area contributed by atoms with Crippen LogP contribution in [0.2, 0.25) is 0 Å². The smallest absolute Gasteiger partial charge is 0.258 e. The Morgan fingerprint density at radius 3 is 2.38 bits per heavy atom. The summed E-state index contributed by atoms with van der Waals surface area (Å²) in [6, 6.07) is 11.5. The minimum Gasteiger partial charge on any atom is -0.258 e. The molecule has 7 heteroatoms. The van der Waals surface area contributed by atoms with E-state index >= 15 is 0 Å². The summed E-state index contributed by atoms with van der Waals surface area (Å²) in [7, 11) is 0. The molecule has 0 spiro atoms. The van der Waals surface area contributed by atoms with Gasteiger partial charge in [-0.15, -0.1) is 11.8 Å². The van der Waals surface area contributed by atoms with Crippen LogP contribution >= 0.6 is 11.8 Å². The van der Waals surface area contributed by atoms with E-state index in [9.17, 15) is 20.2 Å². The summed E-state index contributed by atoms with van der Waals surface area (Å²) >= 11 is 1.30. The molecule has 0 aliphatic carbocycles. The Balaban J connectivity index is 2.26. The minimum absolute atomic E-state index is 0.234. The van der Waals surface area contributed by atoms with Crippen molar-refractivity contribution in [2.24, 2.45) is 0 Å². The van der Waals surface area contributed by atoms with Gasteiger partial charge in [0, 0.05) is 11.8 Å². The molecular formula is C14H12N2O4S. The number of non-ortho nitro benzene ring substituents is 1. The molecule has 0 bridgehead atoms. The Kier molecular flexibility index (Phi) is 4.54. The number of aryl methyl sites for hydroxylation is 1. The molecule has 2 rings (SSSR count). The molecule has 0 fully saturated rings. The van der Waals surface area contributed by atoms with Gasteiger partial charge in [-0.25, -0.2) is 0 Å². The van der Waals surface area contributed by atoms with Crippen molar-refractivity contribution < 1.29 is 9.85 Å². The predicted octanol–water partition coefficient (Wildman–Crippen LogP) is 4.10. The molecule has 2 aromatic carbocycles. The second kappa shape index (κ2) is 6.36. The molecule has 0 unspecified atom stereocenters. The molecule has 0 aliphatic rings. The zero-order valence-electron chi connectivity index (χ0n) is 11.2. The average molecular weight is 304 g/mol. The summed E-state index contributed by atoms with van der Waals surface area (Å²) in [4.78, 5) is 20.9. The van der Waals surface area contributed by atoms with E-state index in [1.54, 1.807) is 0 Å². The zero-order valence-corrected chi connectivity index (χ0v) is 12.0. The molecule has 6 nitrogen and oxygen atoms in total. The van der Waals surface area contributed by atoms with Crippen LogP contribution in [0.25, 0.3) is 0 Å². The number of rotatable bonds is 5. The van der Waals surface area contributed by atoms with Gasteiger partial charge in [0.2, 0.25) is 0 Å². The Morgan fingerprint density at radius 1 is 1.05 bits per heavy atom. The van der Waals surface area contributed by atoms with Crippen LogP contribution in [-0.2, 0) is 5.75 Å². The third-order valence-corrected chi connectivity index (χ3v) is 4.11. The van der Waals surface area contributed by atoms with E-state index in [4.69, 9.17) is 0 Å². The predicted molar refractivity (Wildman–Crippen MR) is 80.5 cm³/mol. The first-order valence-corrected chi connectivity index (χ1v) is 7.07. The molecule has 0 saturated carbocycles. The molecule has 108 valence electrons. The maximum absolute atomic E-state index is 11.0. The van der Waals surface area contributed by atoms with E-state index in [1.165, 1.54) is 23.9 Å². The van der Waals surface area contributed by atoms with Gasteiger partial charge in [-0.3, -0.25) is 20.2 Å². The van der Waals surface area contributed by atoms with Gasteiger partial charge < -0.3 is 0 Å². The van der Waals surface area contributed by atoms with Crippen LogP contribution in [0.1, 0.15) is 11.1 Å².